The Hall–Kier alpha value is -1.98. The van der Waals surface area contributed by atoms with E-state index in [4.69, 9.17) is 5.11 Å². The zero-order valence-electron chi connectivity index (χ0n) is 11.4. The summed E-state index contributed by atoms with van der Waals surface area (Å²) >= 11 is 0. The Balaban J connectivity index is 1.66. The molecule has 1 atom stereocenters. The zero-order chi connectivity index (χ0) is 14.3. The van der Waals surface area contributed by atoms with Crippen LogP contribution in [-0.4, -0.2) is 44.9 Å². The minimum Gasteiger partial charge on any atom is -0.481 e. The molecule has 1 unspecified atom stereocenters. The van der Waals surface area contributed by atoms with Crippen LogP contribution in [0.2, 0.25) is 0 Å². The number of carbonyl (C=O) groups excluding carboxylic acids is 1. The van der Waals surface area contributed by atoms with Crippen molar-refractivity contribution in [1.82, 2.24) is 14.9 Å². The van der Waals surface area contributed by atoms with Crippen molar-refractivity contribution >= 4 is 11.9 Å². The standard InChI is InChI=1S/C14H17N3O3/c1-9-10(7-15-8-16-9)12(18)17-4-2-14(3-5-17)6-11(14)13(19)20/h7-8,11H,2-6H2,1H3,(H,19,20). The highest BCUT2D eigenvalue weighted by Gasteiger charge is 2.59. The van der Waals surface area contributed by atoms with Gasteiger partial charge in [-0.3, -0.25) is 9.59 Å². The number of carboxylic acids is 1. The van der Waals surface area contributed by atoms with E-state index in [-0.39, 0.29) is 17.2 Å². The third-order valence-electron chi connectivity index (χ3n) is 4.68. The molecule has 6 nitrogen and oxygen atoms in total. The lowest BCUT2D eigenvalue weighted by Gasteiger charge is -2.32. The van der Waals surface area contributed by atoms with Gasteiger partial charge in [-0.05, 0) is 31.6 Å². The molecule has 1 aromatic heterocycles. The predicted octanol–water partition coefficient (Wildman–Crippen LogP) is 1.11. The molecule has 1 aromatic rings. The second-order valence-corrected chi connectivity index (χ2v) is 5.77. The maximum Gasteiger partial charge on any atom is 0.307 e. The number of aromatic nitrogens is 2. The molecule has 1 saturated heterocycles. The van der Waals surface area contributed by atoms with Gasteiger partial charge in [-0.15, -0.1) is 0 Å². The number of carbonyl (C=O) groups is 2. The summed E-state index contributed by atoms with van der Waals surface area (Å²) in [6, 6.07) is 0. The van der Waals surface area contributed by atoms with E-state index in [9.17, 15) is 9.59 Å². The summed E-state index contributed by atoms with van der Waals surface area (Å²) in [4.78, 5) is 33.1. The van der Waals surface area contributed by atoms with Crippen LogP contribution in [0.5, 0.6) is 0 Å². The Bertz CT molecular complexity index is 565. The van der Waals surface area contributed by atoms with Crippen molar-refractivity contribution in [3.63, 3.8) is 0 Å². The Morgan fingerprint density at radius 2 is 2.10 bits per heavy atom. The predicted molar refractivity (Wildman–Crippen MR) is 70.1 cm³/mol. The van der Waals surface area contributed by atoms with Gasteiger partial charge in [0.25, 0.3) is 5.91 Å². The normalized spacial score (nSPS) is 23.6. The van der Waals surface area contributed by atoms with Crippen molar-refractivity contribution in [3.05, 3.63) is 23.8 Å². The Kier molecular flexibility index (Phi) is 2.96. The monoisotopic (exact) mass is 275 g/mol. The molecular weight excluding hydrogens is 258 g/mol. The summed E-state index contributed by atoms with van der Waals surface area (Å²) in [6.07, 6.45) is 5.30. The first-order chi connectivity index (χ1) is 9.53. The lowest BCUT2D eigenvalue weighted by atomic mass is 9.90. The van der Waals surface area contributed by atoms with Gasteiger partial charge < -0.3 is 10.0 Å². The average molecular weight is 275 g/mol. The van der Waals surface area contributed by atoms with Gasteiger partial charge in [-0.25, -0.2) is 9.97 Å². The van der Waals surface area contributed by atoms with Crippen LogP contribution in [0.25, 0.3) is 0 Å². The van der Waals surface area contributed by atoms with Gasteiger partial charge >= 0.3 is 5.97 Å². The highest BCUT2D eigenvalue weighted by molar-refractivity contribution is 5.95. The first kappa shape index (κ1) is 13.0. The molecule has 6 heteroatoms. The molecule has 1 spiro atoms. The van der Waals surface area contributed by atoms with E-state index in [1.165, 1.54) is 6.33 Å². The topological polar surface area (TPSA) is 83.4 Å². The number of hydrogen-bond acceptors (Lipinski definition) is 4. The summed E-state index contributed by atoms with van der Waals surface area (Å²) in [6.45, 7) is 3.04. The molecule has 3 rings (SSSR count). The van der Waals surface area contributed by atoms with Crippen molar-refractivity contribution < 1.29 is 14.7 Å². The number of aryl methyl sites for hydroxylation is 1. The van der Waals surface area contributed by atoms with Gasteiger partial charge in [0.1, 0.15) is 6.33 Å². The average Bonchev–Trinajstić information content (AvgIpc) is 3.14. The maximum absolute atomic E-state index is 12.4. The molecule has 1 aliphatic carbocycles. The van der Waals surface area contributed by atoms with Gasteiger partial charge in [-0.1, -0.05) is 0 Å². The summed E-state index contributed by atoms with van der Waals surface area (Å²) < 4.78 is 0. The van der Waals surface area contributed by atoms with E-state index in [0.717, 1.165) is 19.3 Å². The Labute approximate surface area is 116 Å². The highest BCUT2D eigenvalue weighted by atomic mass is 16.4. The van der Waals surface area contributed by atoms with Crippen LogP contribution < -0.4 is 0 Å². The minimum absolute atomic E-state index is 0.0505. The number of likely N-dealkylation sites (tertiary alicyclic amines) is 1. The molecule has 1 aliphatic heterocycles. The summed E-state index contributed by atoms with van der Waals surface area (Å²) in [7, 11) is 0. The lowest BCUT2D eigenvalue weighted by molar-refractivity contribution is -0.139. The second-order valence-electron chi connectivity index (χ2n) is 5.77. The molecule has 2 fully saturated rings. The molecule has 0 aromatic carbocycles. The third-order valence-corrected chi connectivity index (χ3v) is 4.68. The van der Waals surface area contributed by atoms with Gasteiger partial charge in [0.15, 0.2) is 0 Å². The quantitative estimate of drug-likeness (QED) is 0.874. The van der Waals surface area contributed by atoms with Crippen LogP contribution in [0.1, 0.15) is 35.3 Å². The van der Waals surface area contributed by atoms with Gasteiger partial charge in [0, 0.05) is 19.3 Å². The van der Waals surface area contributed by atoms with Crippen LogP contribution in [0.3, 0.4) is 0 Å². The van der Waals surface area contributed by atoms with Gasteiger partial charge in [0.2, 0.25) is 0 Å². The number of hydrogen-bond donors (Lipinski definition) is 1. The molecule has 20 heavy (non-hydrogen) atoms. The summed E-state index contributed by atoms with van der Waals surface area (Å²) in [5.41, 5.74) is 1.17. The molecule has 1 amide bonds. The number of carboxylic acid groups (broad SMARTS) is 1. The van der Waals surface area contributed by atoms with Gasteiger partial charge in [0.05, 0.1) is 17.2 Å². The van der Waals surface area contributed by atoms with Crippen LogP contribution >= 0.6 is 0 Å². The highest BCUT2D eigenvalue weighted by Crippen LogP contribution is 2.59. The SMILES string of the molecule is Cc1ncncc1C(=O)N1CCC2(CC1)CC2C(=O)O. The number of piperidine rings is 1. The summed E-state index contributed by atoms with van der Waals surface area (Å²) in [5, 5.41) is 9.06. The maximum atomic E-state index is 12.4. The van der Waals surface area contributed by atoms with E-state index in [1.54, 1.807) is 18.0 Å². The van der Waals surface area contributed by atoms with Crippen LogP contribution in [0.15, 0.2) is 12.5 Å². The lowest BCUT2D eigenvalue weighted by Crippen LogP contribution is -2.40. The van der Waals surface area contributed by atoms with Crippen molar-refractivity contribution in [3.8, 4) is 0 Å². The Morgan fingerprint density at radius 1 is 1.40 bits per heavy atom. The molecule has 0 radical (unpaired) electrons. The molecule has 2 aliphatic rings. The van der Waals surface area contributed by atoms with E-state index in [1.807, 2.05) is 0 Å². The summed E-state index contributed by atoms with van der Waals surface area (Å²) in [5.74, 6) is -0.955. The second kappa shape index (κ2) is 4.54. The molecule has 2 heterocycles. The third kappa shape index (κ3) is 2.05. The molecule has 106 valence electrons. The van der Waals surface area contributed by atoms with Crippen molar-refractivity contribution in [2.45, 2.75) is 26.2 Å². The molecule has 1 saturated carbocycles. The van der Waals surface area contributed by atoms with E-state index in [0.29, 0.717) is 24.3 Å². The smallest absolute Gasteiger partial charge is 0.307 e. The number of aliphatic carboxylic acids is 1. The zero-order valence-corrected chi connectivity index (χ0v) is 11.4. The van der Waals surface area contributed by atoms with E-state index >= 15 is 0 Å². The molecule has 0 bridgehead atoms. The Morgan fingerprint density at radius 3 is 2.65 bits per heavy atom. The molecular formula is C14H17N3O3. The van der Waals surface area contributed by atoms with E-state index in [2.05, 4.69) is 9.97 Å². The van der Waals surface area contributed by atoms with Crippen molar-refractivity contribution in [2.24, 2.45) is 11.3 Å². The molecule has 1 N–H and O–H groups in total. The fraction of sp³-hybridized carbons (Fsp3) is 0.571. The number of amides is 1. The van der Waals surface area contributed by atoms with Crippen LogP contribution in [0.4, 0.5) is 0 Å². The minimum atomic E-state index is -0.697. The van der Waals surface area contributed by atoms with Crippen LogP contribution in [0, 0.1) is 18.3 Å². The fourth-order valence-corrected chi connectivity index (χ4v) is 3.18. The van der Waals surface area contributed by atoms with Crippen LogP contribution in [-0.2, 0) is 4.79 Å². The first-order valence-electron chi connectivity index (χ1n) is 6.82. The number of rotatable bonds is 2. The van der Waals surface area contributed by atoms with Gasteiger partial charge in [-0.2, -0.15) is 0 Å². The van der Waals surface area contributed by atoms with Crippen molar-refractivity contribution in [2.75, 3.05) is 13.1 Å². The largest absolute Gasteiger partial charge is 0.481 e. The van der Waals surface area contributed by atoms with Crippen molar-refractivity contribution in [1.29, 1.82) is 0 Å². The number of nitrogens with zero attached hydrogens (tertiary/aromatic N) is 3. The van der Waals surface area contributed by atoms with E-state index < -0.39 is 5.97 Å². The fourth-order valence-electron chi connectivity index (χ4n) is 3.18. The first-order valence-corrected chi connectivity index (χ1v) is 6.82.